The monoisotopic (exact) mass is 481 g/mol. The number of rotatable bonds is 4. The Bertz CT molecular complexity index is 1040. The van der Waals surface area contributed by atoms with Crippen LogP contribution in [0.1, 0.15) is 16.1 Å². The van der Waals surface area contributed by atoms with Crippen molar-refractivity contribution in [2.24, 2.45) is 5.10 Å². The zero-order valence-electron chi connectivity index (χ0n) is 12.8. The van der Waals surface area contributed by atoms with Crippen LogP contribution in [0.3, 0.4) is 0 Å². The van der Waals surface area contributed by atoms with Gasteiger partial charge < -0.3 is 9.52 Å². The highest BCUT2D eigenvalue weighted by Crippen LogP contribution is 2.32. The van der Waals surface area contributed by atoms with E-state index in [4.69, 9.17) is 4.42 Å². The van der Waals surface area contributed by atoms with E-state index in [1.807, 2.05) is 0 Å². The van der Waals surface area contributed by atoms with Crippen LogP contribution in [-0.2, 0) is 0 Å². The van der Waals surface area contributed by atoms with Crippen molar-refractivity contribution in [3.05, 3.63) is 66.8 Å². The van der Waals surface area contributed by atoms with Crippen LogP contribution in [0.2, 0.25) is 0 Å². The van der Waals surface area contributed by atoms with Crippen LogP contribution in [0.4, 0.5) is 5.69 Å². The number of phenolic OH excluding ortho intramolecular Hbond substituents is 1. The van der Waals surface area contributed by atoms with Crippen molar-refractivity contribution in [1.82, 2.24) is 5.43 Å². The fourth-order valence-electron chi connectivity index (χ4n) is 2.14. The number of non-ortho nitro benzene ring substituents is 1. The molecule has 26 heavy (non-hydrogen) atoms. The molecule has 2 N–H and O–H groups in total. The lowest BCUT2D eigenvalue weighted by molar-refractivity contribution is -0.384. The van der Waals surface area contributed by atoms with E-state index < -0.39 is 10.8 Å². The molecule has 0 aliphatic heterocycles. The van der Waals surface area contributed by atoms with Gasteiger partial charge in [-0.3, -0.25) is 14.9 Å². The molecule has 0 fully saturated rings. The summed E-state index contributed by atoms with van der Waals surface area (Å²) in [6.07, 6.45) is 1.39. The molecule has 0 saturated heterocycles. The van der Waals surface area contributed by atoms with Crippen molar-refractivity contribution < 1.29 is 19.2 Å². The molecular formula is C16H9Br2N3O5. The fraction of sp³-hybridized carbons (Fsp3) is 0. The number of furan rings is 1. The highest BCUT2D eigenvalue weighted by atomic mass is 79.9. The summed E-state index contributed by atoms with van der Waals surface area (Å²) in [6, 6.07) is 8.70. The first kappa shape index (κ1) is 18.1. The molecular weight excluding hydrogens is 474 g/mol. The Hall–Kier alpha value is -2.72. The number of hydrogen-bond acceptors (Lipinski definition) is 6. The van der Waals surface area contributed by atoms with E-state index in [1.54, 1.807) is 12.1 Å². The number of amides is 1. The minimum atomic E-state index is -0.600. The van der Waals surface area contributed by atoms with E-state index in [-0.39, 0.29) is 17.2 Å². The average Bonchev–Trinajstić information content (AvgIpc) is 3.02. The fourth-order valence-corrected chi connectivity index (χ4v) is 3.36. The summed E-state index contributed by atoms with van der Waals surface area (Å²) in [5.41, 5.74) is 3.20. The van der Waals surface area contributed by atoms with Crippen LogP contribution in [0.5, 0.6) is 5.75 Å². The van der Waals surface area contributed by atoms with Crippen molar-refractivity contribution >= 4 is 60.6 Å². The summed E-state index contributed by atoms with van der Waals surface area (Å²) in [5.74, 6) is -0.565. The summed E-state index contributed by atoms with van der Waals surface area (Å²) in [4.78, 5) is 22.4. The smallest absolute Gasteiger partial charge is 0.307 e. The number of hydrazone groups is 1. The zero-order chi connectivity index (χ0) is 18.8. The first-order chi connectivity index (χ1) is 12.3. The number of hydrogen-bond donors (Lipinski definition) is 2. The van der Waals surface area contributed by atoms with Crippen molar-refractivity contribution in [2.75, 3.05) is 0 Å². The van der Waals surface area contributed by atoms with Crippen LogP contribution in [-0.4, -0.2) is 22.2 Å². The molecule has 1 aromatic heterocycles. The summed E-state index contributed by atoms with van der Waals surface area (Å²) in [6.45, 7) is 0. The Morgan fingerprint density at radius 1 is 1.23 bits per heavy atom. The van der Waals surface area contributed by atoms with Crippen LogP contribution in [0, 0.1) is 10.1 Å². The molecule has 2 aromatic carbocycles. The molecule has 10 heteroatoms. The lowest BCUT2D eigenvalue weighted by Gasteiger charge is -2.02. The Kier molecular flexibility index (Phi) is 5.05. The van der Waals surface area contributed by atoms with Gasteiger partial charge in [-0.1, -0.05) is 0 Å². The molecule has 8 nitrogen and oxygen atoms in total. The van der Waals surface area contributed by atoms with Gasteiger partial charge in [-0.15, -0.1) is 0 Å². The number of carbonyl (C=O) groups is 1. The van der Waals surface area contributed by atoms with E-state index >= 15 is 0 Å². The SMILES string of the molecule is O=C(N/N=C/c1cc(Br)c(O)c(Br)c1)c1cc2cc([N+](=O)[O-])ccc2o1. The van der Waals surface area contributed by atoms with Gasteiger partial charge in [-0.05, 0) is 61.7 Å². The van der Waals surface area contributed by atoms with Gasteiger partial charge >= 0.3 is 5.91 Å². The first-order valence-electron chi connectivity index (χ1n) is 7.04. The molecule has 0 aliphatic rings. The number of nitro groups is 1. The first-order valence-corrected chi connectivity index (χ1v) is 8.63. The molecule has 3 rings (SSSR count). The topological polar surface area (TPSA) is 118 Å². The van der Waals surface area contributed by atoms with Crippen molar-refractivity contribution in [2.45, 2.75) is 0 Å². The number of fused-ring (bicyclic) bond motifs is 1. The third-order valence-corrected chi connectivity index (χ3v) is 4.56. The van der Waals surface area contributed by atoms with Gasteiger partial charge in [0.1, 0.15) is 11.3 Å². The summed E-state index contributed by atoms with van der Waals surface area (Å²) < 4.78 is 6.31. The van der Waals surface area contributed by atoms with Crippen LogP contribution in [0.25, 0.3) is 11.0 Å². The minimum absolute atomic E-state index is 0.0225. The number of nitrogens with zero attached hydrogens (tertiary/aromatic N) is 2. The Labute approximate surface area is 162 Å². The van der Waals surface area contributed by atoms with E-state index in [0.29, 0.717) is 25.5 Å². The maximum absolute atomic E-state index is 12.1. The van der Waals surface area contributed by atoms with Crippen LogP contribution < -0.4 is 5.43 Å². The molecule has 0 aliphatic carbocycles. The Balaban J connectivity index is 1.76. The van der Waals surface area contributed by atoms with Gasteiger partial charge in [0.25, 0.3) is 5.69 Å². The normalized spacial score (nSPS) is 11.2. The summed E-state index contributed by atoms with van der Waals surface area (Å²) >= 11 is 6.40. The van der Waals surface area contributed by atoms with Crippen LogP contribution >= 0.6 is 31.9 Å². The van der Waals surface area contributed by atoms with E-state index in [0.717, 1.165) is 0 Å². The zero-order valence-corrected chi connectivity index (χ0v) is 15.9. The van der Waals surface area contributed by atoms with Gasteiger partial charge in [-0.25, -0.2) is 5.43 Å². The second kappa shape index (κ2) is 7.26. The Morgan fingerprint density at radius 3 is 2.58 bits per heavy atom. The second-order valence-electron chi connectivity index (χ2n) is 5.12. The van der Waals surface area contributed by atoms with Gasteiger partial charge in [0.15, 0.2) is 5.76 Å². The molecule has 1 heterocycles. The quantitative estimate of drug-likeness (QED) is 0.326. The lowest BCUT2D eigenvalue weighted by atomic mass is 10.2. The number of phenols is 1. The molecule has 0 unspecified atom stereocenters. The number of benzene rings is 2. The lowest BCUT2D eigenvalue weighted by Crippen LogP contribution is -2.16. The number of halogens is 2. The van der Waals surface area contributed by atoms with Crippen molar-refractivity contribution in [3.63, 3.8) is 0 Å². The predicted molar refractivity (Wildman–Crippen MR) is 101 cm³/mol. The highest BCUT2D eigenvalue weighted by molar-refractivity contribution is 9.11. The third-order valence-electron chi connectivity index (χ3n) is 3.35. The van der Waals surface area contributed by atoms with Crippen molar-refractivity contribution in [3.8, 4) is 5.75 Å². The molecule has 1 amide bonds. The summed E-state index contributed by atoms with van der Waals surface area (Å²) in [5, 5.41) is 24.7. The molecule has 0 bridgehead atoms. The minimum Gasteiger partial charge on any atom is -0.506 e. The summed E-state index contributed by atoms with van der Waals surface area (Å²) in [7, 11) is 0. The van der Waals surface area contributed by atoms with E-state index in [1.165, 1.54) is 30.5 Å². The molecule has 132 valence electrons. The number of carbonyl (C=O) groups excluding carboxylic acids is 1. The van der Waals surface area contributed by atoms with Gasteiger partial charge in [0.05, 0.1) is 20.1 Å². The van der Waals surface area contributed by atoms with Crippen molar-refractivity contribution in [1.29, 1.82) is 0 Å². The Morgan fingerprint density at radius 2 is 1.92 bits per heavy atom. The maximum Gasteiger partial charge on any atom is 0.307 e. The largest absolute Gasteiger partial charge is 0.506 e. The molecule has 0 radical (unpaired) electrons. The molecule has 0 spiro atoms. The molecule has 0 atom stereocenters. The molecule has 0 saturated carbocycles. The maximum atomic E-state index is 12.1. The molecule has 3 aromatic rings. The standard InChI is InChI=1S/C16H9Br2N3O5/c17-11-3-8(4-12(18)15(11)22)7-19-20-16(23)14-6-9-5-10(21(24)25)1-2-13(9)26-14/h1-7,22H,(H,20,23)/b19-7+. The number of nitrogens with one attached hydrogen (secondary N) is 1. The second-order valence-corrected chi connectivity index (χ2v) is 6.83. The third kappa shape index (κ3) is 3.75. The number of nitro benzene ring substituents is 1. The average molecular weight is 483 g/mol. The number of aromatic hydroxyl groups is 1. The predicted octanol–water partition coefficient (Wildman–Crippen LogP) is 4.34. The van der Waals surface area contributed by atoms with Gasteiger partial charge in [-0.2, -0.15) is 5.10 Å². The van der Waals surface area contributed by atoms with Gasteiger partial charge in [0, 0.05) is 17.5 Å². The van der Waals surface area contributed by atoms with Gasteiger partial charge in [0.2, 0.25) is 0 Å². The van der Waals surface area contributed by atoms with E-state index in [9.17, 15) is 20.0 Å². The van der Waals surface area contributed by atoms with E-state index in [2.05, 4.69) is 42.4 Å². The van der Waals surface area contributed by atoms with Crippen LogP contribution in [0.15, 0.2) is 54.9 Å². The highest BCUT2D eigenvalue weighted by Gasteiger charge is 2.14.